The molecule has 4 saturated carbocycles. The van der Waals surface area contributed by atoms with E-state index in [1.165, 1.54) is 26.2 Å². The molecule has 4 fully saturated rings. The molecule has 0 unspecified atom stereocenters. The second kappa shape index (κ2) is 10.5. The average molecular weight is 460 g/mol. The summed E-state index contributed by atoms with van der Waals surface area (Å²) in [6.07, 6.45) is 1.22. The summed E-state index contributed by atoms with van der Waals surface area (Å²) < 4.78 is 49.4. The zero-order valence-electron chi connectivity index (χ0n) is 18.6. The van der Waals surface area contributed by atoms with Crippen LogP contribution in [0.25, 0.3) is 0 Å². The number of hydrogen-bond acceptors (Lipinski definition) is 6. The van der Waals surface area contributed by atoms with Crippen molar-refractivity contribution in [2.45, 2.75) is 70.6 Å². The van der Waals surface area contributed by atoms with Crippen LogP contribution in [0.15, 0.2) is 24.3 Å². The Bertz CT molecular complexity index is 720. The van der Waals surface area contributed by atoms with Crippen molar-refractivity contribution in [1.82, 2.24) is 0 Å². The first-order chi connectivity index (χ1) is 14.8. The van der Waals surface area contributed by atoms with E-state index in [0.717, 1.165) is 37.0 Å². The molecule has 0 N–H and O–H groups in total. The smallest absolute Gasteiger partial charge is 0.399 e. The van der Waals surface area contributed by atoms with Crippen molar-refractivity contribution < 1.29 is 41.8 Å². The van der Waals surface area contributed by atoms with Crippen LogP contribution in [0.4, 0.5) is 13.2 Å². The van der Waals surface area contributed by atoms with Crippen LogP contribution >= 0.6 is 0 Å². The summed E-state index contributed by atoms with van der Waals surface area (Å²) in [5.74, 6) is 0.199. The summed E-state index contributed by atoms with van der Waals surface area (Å²) in [6, 6.07) is 0. The fraction of sp³-hybridized carbons (Fsp3) is 0.696. The van der Waals surface area contributed by atoms with Gasteiger partial charge in [0.05, 0.1) is 0 Å². The predicted molar refractivity (Wildman–Crippen MR) is 109 cm³/mol. The third-order valence-electron chi connectivity index (χ3n) is 5.91. The summed E-state index contributed by atoms with van der Waals surface area (Å²) in [6.45, 7) is 9.41. The lowest BCUT2D eigenvalue weighted by molar-refractivity contribution is -0.182. The van der Waals surface area contributed by atoms with E-state index in [-0.39, 0.29) is 23.8 Å². The van der Waals surface area contributed by atoms with Gasteiger partial charge < -0.3 is 14.2 Å². The summed E-state index contributed by atoms with van der Waals surface area (Å²) in [4.78, 5) is 33.0. The van der Waals surface area contributed by atoms with Crippen LogP contribution in [0.2, 0.25) is 0 Å². The SMILES string of the molecule is C=C(C)C(=O)OC12CC3CC(CC(C3)C1)C2.C=C(C)C(=O)OCCOC(=O)CC(F)(F)F. The van der Waals surface area contributed by atoms with Gasteiger partial charge in [0.1, 0.15) is 25.2 Å². The number of alkyl halides is 3. The van der Waals surface area contributed by atoms with Gasteiger partial charge in [-0.2, -0.15) is 13.2 Å². The largest absolute Gasteiger partial charge is 0.462 e. The quantitative estimate of drug-likeness (QED) is 0.238. The van der Waals surface area contributed by atoms with E-state index in [2.05, 4.69) is 22.6 Å². The Morgan fingerprint density at radius 3 is 1.69 bits per heavy atom. The lowest BCUT2D eigenvalue weighted by Gasteiger charge is -2.55. The Morgan fingerprint density at radius 1 is 0.844 bits per heavy atom. The lowest BCUT2D eigenvalue weighted by Crippen LogP contribution is -2.52. The Labute approximate surface area is 186 Å². The Morgan fingerprint density at radius 2 is 1.28 bits per heavy atom. The number of carbonyl (C=O) groups excluding carboxylic acids is 3. The van der Waals surface area contributed by atoms with Gasteiger partial charge in [-0.05, 0) is 70.1 Å². The molecule has 0 aromatic heterocycles. The van der Waals surface area contributed by atoms with Gasteiger partial charge in [-0.25, -0.2) is 9.59 Å². The molecule has 9 heteroatoms. The van der Waals surface area contributed by atoms with E-state index < -0.39 is 31.1 Å². The first kappa shape index (κ1) is 25.9. The number of rotatable bonds is 7. The maximum Gasteiger partial charge on any atom is 0.399 e. The standard InChI is InChI=1S/C14H20O2.C9H11F3O4/c1-9(2)13(15)16-14-6-10-3-11(7-14)5-12(4-10)8-14;1-6(2)8(14)16-4-3-15-7(13)5-9(10,11)12/h10-12H,1,3-8H2,2H3;1,3-5H2,2H3. The van der Waals surface area contributed by atoms with E-state index in [1.54, 1.807) is 6.92 Å². The van der Waals surface area contributed by atoms with Crippen LogP contribution in [-0.2, 0) is 28.6 Å². The Hall–Kier alpha value is -2.32. The maximum absolute atomic E-state index is 11.7. The molecule has 4 bridgehead atoms. The molecule has 0 spiro atoms. The molecule has 4 aliphatic rings. The van der Waals surface area contributed by atoms with Crippen LogP contribution in [0.1, 0.15) is 58.8 Å². The van der Waals surface area contributed by atoms with Crippen molar-refractivity contribution in [1.29, 1.82) is 0 Å². The molecule has 4 aliphatic carbocycles. The van der Waals surface area contributed by atoms with Gasteiger partial charge in [0.2, 0.25) is 0 Å². The molecule has 0 atom stereocenters. The second-order valence-electron chi connectivity index (χ2n) is 9.20. The zero-order chi connectivity index (χ0) is 24.1. The number of esters is 3. The van der Waals surface area contributed by atoms with Gasteiger partial charge in [-0.3, -0.25) is 4.79 Å². The highest BCUT2D eigenvalue weighted by molar-refractivity contribution is 5.87. The van der Waals surface area contributed by atoms with Crippen molar-refractivity contribution in [2.24, 2.45) is 17.8 Å². The van der Waals surface area contributed by atoms with Gasteiger partial charge in [-0.15, -0.1) is 0 Å². The summed E-state index contributed by atoms with van der Waals surface area (Å²) >= 11 is 0. The van der Waals surface area contributed by atoms with E-state index in [4.69, 9.17) is 4.74 Å². The third kappa shape index (κ3) is 7.98. The molecule has 0 aromatic rings. The summed E-state index contributed by atoms with van der Waals surface area (Å²) in [5.41, 5.74) is 0.586. The van der Waals surface area contributed by atoms with E-state index in [9.17, 15) is 27.6 Å². The van der Waals surface area contributed by atoms with Gasteiger partial charge in [0.25, 0.3) is 0 Å². The predicted octanol–water partition coefficient (Wildman–Crippen LogP) is 4.68. The summed E-state index contributed by atoms with van der Waals surface area (Å²) in [5, 5.41) is 0. The Kier molecular flexibility index (Phi) is 8.54. The van der Waals surface area contributed by atoms with Gasteiger partial charge in [0.15, 0.2) is 0 Å². The Balaban J connectivity index is 0.000000227. The fourth-order valence-corrected chi connectivity index (χ4v) is 5.07. The second-order valence-corrected chi connectivity index (χ2v) is 9.20. The fourth-order valence-electron chi connectivity index (χ4n) is 5.07. The monoisotopic (exact) mass is 460 g/mol. The number of ether oxygens (including phenoxy) is 3. The molecule has 0 aromatic carbocycles. The summed E-state index contributed by atoms with van der Waals surface area (Å²) in [7, 11) is 0. The van der Waals surface area contributed by atoms with Crippen molar-refractivity contribution in [3.8, 4) is 0 Å². The highest BCUT2D eigenvalue weighted by Crippen LogP contribution is 2.57. The molecular formula is C23H31F3O6. The van der Waals surface area contributed by atoms with Crippen LogP contribution in [0.3, 0.4) is 0 Å². The van der Waals surface area contributed by atoms with Crippen LogP contribution in [0.5, 0.6) is 0 Å². The molecule has 0 radical (unpaired) electrons. The molecular weight excluding hydrogens is 429 g/mol. The highest BCUT2D eigenvalue weighted by atomic mass is 19.4. The zero-order valence-corrected chi connectivity index (χ0v) is 18.6. The van der Waals surface area contributed by atoms with Crippen molar-refractivity contribution in [3.63, 3.8) is 0 Å². The highest BCUT2D eigenvalue weighted by Gasteiger charge is 2.53. The molecule has 180 valence electrons. The molecule has 0 heterocycles. The van der Waals surface area contributed by atoms with Crippen molar-refractivity contribution in [3.05, 3.63) is 24.3 Å². The minimum absolute atomic E-state index is 0.106. The first-order valence-electron chi connectivity index (χ1n) is 10.7. The van der Waals surface area contributed by atoms with E-state index in [0.29, 0.717) is 5.57 Å². The van der Waals surface area contributed by atoms with Crippen LogP contribution in [0, 0.1) is 17.8 Å². The average Bonchev–Trinajstić information content (AvgIpc) is 2.62. The number of hydrogen-bond donors (Lipinski definition) is 0. The lowest BCUT2D eigenvalue weighted by atomic mass is 9.54. The number of halogens is 3. The van der Waals surface area contributed by atoms with Crippen molar-refractivity contribution >= 4 is 17.9 Å². The maximum atomic E-state index is 11.7. The van der Waals surface area contributed by atoms with E-state index >= 15 is 0 Å². The number of carbonyl (C=O) groups is 3. The van der Waals surface area contributed by atoms with Gasteiger partial charge in [-0.1, -0.05) is 13.2 Å². The molecule has 0 aliphatic heterocycles. The molecule has 32 heavy (non-hydrogen) atoms. The minimum Gasteiger partial charge on any atom is -0.462 e. The molecule has 0 amide bonds. The van der Waals surface area contributed by atoms with Crippen molar-refractivity contribution in [2.75, 3.05) is 13.2 Å². The van der Waals surface area contributed by atoms with E-state index in [1.807, 2.05) is 0 Å². The minimum atomic E-state index is -4.59. The normalized spacial score (nSPS) is 27.6. The van der Waals surface area contributed by atoms with Gasteiger partial charge in [0, 0.05) is 11.1 Å². The first-order valence-corrected chi connectivity index (χ1v) is 10.7. The van der Waals surface area contributed by atoms with Gasteiger partial charge >= 0.3 is 24.1 Å². The van der Waals surface area contributed by atoms with Crippen LogP contribution in [-0.4, -0.2) is 42.9 Å². The molecule has 4 rings (SSSR count). The van der Waals surface area contributed by atoms with Crippen LogP contribution < -0.4 is 0 Å². The molecule has 6 nitrogen and oxygen atoms in total. The molecule has 0 saturated heterocycles. The topological polar surface area (TPSA) is 78.9 Å². The third-order valence-corrected chi connectivity index (χ3v) is 5.91.